The van der Waals surface area contributed by atoms with Crippen LogP contribution in [0.15, 0.2) is 12.7 Å². The number of amides is 1. The second kappa shape index (κ2) is 5.13. The van der Waals surface area contributed by atoms with Gasteiger partial charge in [0, 0.05) is 19.4 Å². The van der Waals surface area contributed by atoms with Crippen LogP contribution in [0.4, 0.5) is 0 Å². The summed E-state index contributed by atoms with van der Waals surface area (Å²) in [5.41, 5.74) is 0. The molecule has 0 unspecified atom stereocenters. The summed E-state index contributed by atoms with van der Waals surface area (Å²) in [5.74, 6) is -1.38. The number of hydrogen-bond acceptors (Lipinski definition) is 5. The smallest absolute Gasteiger partial charge is 0.326 e. The molecule has 1 aliphatic heterocycles. The van der Waals surface area contributed by atoms with Gasteiger partial charge in [-0.1, -0.05) is 0 Å². The lowest BCUT2D eigenvalue weighted by Gasteiger charge is -2.20. The molecule has 2 rings (SSSR count). The molecule has 0 spiro atoms. The molecule has 1 saturated heterocycles. The Labute approximate surface area is 103 Å². The maximum Gasteiger partial charge on any atom is 0.326 e. The van der Waals surface area contributed by atoms with Crippen molar-refractivity contribution in [3.63, 3.8) is 0 Å². The average molecular weight is 254 g/mol. The van der Waals surface area contributed by atoms with Crippen molar-refractivity contribution >= 4 is 11.9 Å². The Morgan fingerprint density at radius 2 is 2.22 bits per heavy atom. The summed E-state index contributed by atoms with van der Waals surface area (Å²) < 4.78 is 1.50. The number of carboxylic acids is 1. The minimum atomic E-state index is -1.08. The average Bonchev–Trinajstić information content (AvgIpc) is 2.94. The summed E-state index contributed by atoms with van der Waals surface area (Å²) in [7, 11) is 0. The Morgan fingerprint density at radius 3 is 2.83 bits per heavy atom. The number of aryl methyl sites for hydroxylation is 1. The highest BCUT2D eigenvalue weighted by molar-refractivity contribution is 5.84. The van der Waals surface area contributed by atoms with Crippen LogP contribution in [-0.2, 0) is 16.1 Å². The van der Waals surface area contributed by atoms with E-state index in [1.165, 1.54) is 22.2 Å². The maximum absolute atomic E-state index is 11.9. The van der Waals surface area contributed by atoms with Crippen LogP contribution in [0, 0.1) is 0 Å². The van der Waals surface area contributed by atoms with Gasteiger partial charge in [-0.05, 0) is 0 Å². The van der Waals surface area contributed by atoms with Crippen molar-refractivity contribution in [3.8, 4) is 0 Å². The van der Waals surface area contributed by atoms with E-state index in [1.54, 1.807) is 0 Å². The molecule has 1 aromatic rings. The maximum atomic E-state index is 11.9. The lowest BCUT2D eigenvalue weighted by Crippen LogP contribution is -2.40. The molecule has 0 aromatic carbocycles. The topological polar surface area (TPSA) is 109 Å². The molecule has 1 aliphatic rings. The molecule has 8 nitrogen and oxygen atoms in total. The Hall–Kier alpha value is -1.96. The predicted octanol–water partition coefficient (Wildman–Crippen LogP) is -1.29. The van der Waals surface area contributed by atoms with Gasteiger partial charge < -0.3 is 15.1 Å². The molecular formula is C10H14N4O4. The van der Waals surface area contributed by atoms with E-state index in [-0.39, 0.29) is 25.3 Å². The van der Waals surface area contributed by atoms with Gasteiger partial charge in [0.2, 0.25) is 5.91 Å². The minimum Gasteiger partial charge on any atom is -0.480 e. The van der Waals surface area contributed by atoms with Gasteiger partial charge in [0.05, 0.1) is 12.6 Å². The van der Waals surface area contributed by atoms with Crippen LogP contribution in [0.25, 0.3) is 0 Å². The lowest BCUT2D eigenvalue weighted by molar-refractivity contribution is -0.148. The molecule has 1 amide bonds. The van der Waals surface area contributed by atoms with Crippen LogP contribution in [0.5, 0.6) is 0 Å². The van der Waals surface area contributed by atoms with Gasteiger partial charge in [0.1, 0.15) is 18.7 Å². The summed E-state index contributed by atoms with van der Waals surface area (Å²) in [4.78, 5) is 27.8. The fraction of sp³-hybridized carbons (Fsp3) is 0.600. The quantitative estimate of drug-likeness (QED) is 0.692. The molecule has 0 aliphatic carbocycles. The van der Waals surface area contributed by atoms with E-state index >= 15 is 0 Å². The fourth-order valence-corrected chi connectivity index (χ4v) is 2.03. The van der Waals surface area contributed by atoms with Crippen molar-refractivity contribution in [1.29, 1.82) is 0 Å². The summed E-state index contributed by atoms with van der Waals surface area (Å²) in [6.07, 6.45) is 2.32. The third-order valence-corrected chi connectivity index (χ3v) is 2.91. The Bertz CT molecular complexity index is 433. The number of carboxylic acid groups (broad SMARTS) is 1. The second-order valence-corrected chi connectivity index (χ2v) is 4.20. The molecule has 1 fully saturated rings. The highest BCUT2D eigenvalue weighted by atomic mass is 16.4. The van der Waals surface area contributed by atoms with Crippen molar-refractivity contribution in [3.05, 3.63) is 12.7 Å². The summed E-state index contributed by atoms with van der Waals surface area (Å²) >= 11 is 0. The second-order valence-electron chi connectivity index (χ2n) is 4.20. The van der Waals surface area contributed by atoms with E-state index in [1.807, 2.05) is 0 Å². The molecule has 2 N–H and O–H groups in total. The number of aliphatic hydroxyl groups is 1. The number of aromatic nitrogens is 3. The first-order valence-corrected chi connectivity index (χ1v) is 5.60. The zero-order chi connectivity index (χ0) is 13.1. The number of aliphatic hydroxyl groups excluding tert-OH is 1. The van der Waals surface area contributed by atoms with Crippen molar-refractivity contribution in [2.75, 3.05) is 6.54 Å². The summed E-state index contributed by atoms with van der Waals surface area (Å²) in [5, 5.41) is 22.3. The first-order chi connectivity index (χ1) is 8.58. The first-order valence-electron chi connectivity index (χ1n) is 5.60. The van der Waals surface area contributed by atoms with Crippen LogP contribution < -0.4 is 0 Å². The molecule has 2 heterocycles. The molecule has 8 heteroatoms. The molecule has 0 radical (unpaired) electrons. The van der Waals surface area contributed by atoms with E-state index in [0.717, 1.165) is 0 Å². The monoisotopic (exact) mass is 254 g/mol. The van der Waals surface area contributed by atoms with Crippen molar-refractivity contribution < 1.29 is 19.8 Å². The zero-order valence-electron chi connectivity index (χ0n) is 9.64. The summed E-state index contributed by atoms with van der Waals surface area (Å²) in [6.45, 7) is 0.422. The lowest BCUT2D eigenvalue weighted by atomic mass is 10.2. The molecule has 98 valence electrons. The number of aliphatic carboxylic acids is 1. The van der Waals surface area contributed by atoms with Gasteiger partial charge in [-0.3, -0.25) is 9.48 Å². The van der Waals surface area contributed by atoms with E-state index < -0.39 is 18.1 Å². The Balaban J connectivity index is 1.93. The van der Waals surface area contributed by atoms with E-state index in [0.29, 0.717) is 6.54 Å². The largest absolute Gasteiger partial charge is 0.480 e. The van der Waals surface area contributed by atoms with Crippen LogP contribution >= 0.6 is 0 Å². The van der Waals surface area contributed by atoms with E-state index in [9.17, 15) is 14.7 Å². The predicted molar refractivity (Wildman–Crippen MR) is 58.4 cm³/mol. The van der Waals surface area contributed by atoms with Gasteiger partial charge in [-0.25, -0.2) is 9.78 Å². The van der Waals surface area contributed by atoms with E-state index in [2.05, 4.69) is 10.1 Å². The molecule has 1 aromatic heterocycles. The van der Waals surface area contributed by atoms with Crippen molar-refractivity contribution in [1.82, 2.24) is 19.7 Å². The third kappa shape index (κ3) is 2.65. The van der Waals surface area contributed by atoms with Gasteiger partial charge in [0.15, 0.2) is 0 Å². The highest BCUT2D eigenvalue weighted by Crippen LogP contribution is 2.19. The number of carbonyl (C=O) groups is 2. The molecule has 2 atom stereocenters. The number of β-amino-alcohol motifs (C(OH)–C–C–N with tert-alkyl or cyclic N) is 1. The number of rotatable bonds is 4. The number of likely N-dealkylation sites (tertiary alicyclic amines) is 1. The molecule has 0 saturated carbocycles. The van der Waals surface area contributed by atoms with Gasteiger partial charge in [0.25, 0.3) is 0 Å². The Kier molecular flexibility index (Phi) is 3.56. The molecule has 18 heavy (non-hydrogen) atoms. The number of hydrogen-bond donors (Lipinski definition) is 2. The van der Waals surface area contributed by atoms with E-state index in [4.69, 9.17) is 5.11 Å². The SMILES string of the molecule is O=C(O)[C@@H]1C[C@@H](O)CN1C(=O)CCn1cncn1. The van der Waals surface area contributed by atoms with Crippen LogP contribution in [0.2, 0.25) is 0 Å². The minimum absolute atomic E-state index is 0.0765. The first kappa shape index (κ1) is 12.5. The Morgan fingerprint density at radius 1 is 1.44 bits per heavy atom. The third-order valence-electron chi connectivity index (χ3n) is 2.91. The number of carbonyl (C=O) groups excluding carboxylic acids is 1. The molecule has 0 bridgehead atoms. The number of nitrogens with zero attached hydrogens (tertiary/aromatic N) is 4. The zero-order valence-corrected chi connectivity index (χ0v) is 9.64. The van der Waals surface area contributed by atoms with Gasteiger partial charge in [-0.15, -0.1) is 0 Å². The fourth-order valence-electron chi connectivity index (χ4n) is 2.03. The van der Waals surface area contributed by atoms with Gasteiger partial charge >= 0.3 is 5.97 Å². The van der Waals surface area contributed by atoms with Crippen LogP contribution in [0.3, 0.4) is 0 Å². The van der Waals surface area contributed by atoms with Crippen molar-refractivity contribution in [2.24, 2.45) is 0 Å². The van der Waals surface area contributed by atoms with Gasteiger partial charge in [-0.2, -0.15) is 5.10 Å². The standard InChI is InChI=1S/C10H14N4O4/c15-7-3-8(10(17)18)14(4-7)9(16)1-2-13-6-11-5-12-13/h5-8,15H,1-4H2,(H,17,18)/t7-,8+/m1/s1. The summed E-state index contributed by atoms with van der Waals surface area (Å²) in [6, 6.07) is -0.928. The highest BCUT2D eigenvalue weighted by Gasteiger charge is 2.38. The van der Waals surface area contributed by atoms with Crippen LogP contribution in [0.1, 0.15) is 12.8 Å². The molecular weight excluding hydrogens is 240 g/mol. The van der Waals surface area contributed by atoms with Crippen LogP contribution in [-0.4, -0.2) is 60.4 Å². The normalized spacial score (nSPS) is 23.3. The van der Waals surface area contributed by atoms with Crippen molar-refractivity contribution in [2.45, 2.75) is 31.5 Å².